The van der Waals surface area contributed by atoms with E-state index in [2.05, 4.69) is 155 Å². The second-order valence-corrected chi connectivity index (χ2v) is 27.0. The molecule has 0 saturated heterocycles. The summed E-state index contributed by atoms with van der Waals surface area (Å²) in [5.74, 6) is -12.9. The maximum Gasteiger partial charge on any atom is 0.408 e. The van der Waals surface area contributed by atoms with Crippen LogP contribution in [0, 0.1) is 23.3 Å². The Bertz CT molecular complexity index is 4240. The molecular formula is C79H88F4N7O9S+. The minimum Gasteiger partial charge on any atom is -0.479 e. The average Bonchev–Trinajstić information content (AvgIpc) is 1.58. The molecule has 21 heteroatoms. The zero-order valence-corrected chi connectivity index (χ0v) is 58.0. The van der Waals surface area contributed by atoms with Gasteiger partial charge in [0.1, 0.15) is 31.4 Å². The maximum absolute atomic E-state index is 15.4. The number of hydrogen-bond acceptors (Lipinski definition) is 10. The average molecular weight is 1390 g/mol. The second-order valence-electron chi connectivity index (χ2n) is 26.0. The normalized spacial score (nSPS) is 15.2. The molecule has 3 atom stereocenters. The quantitative estimate of drug-likeness (QED) is 0.00550. The second kappa shape index (κ2) is 35.5. The van der Waals surface area contributed by atoms with E-state index < -0.39 is 88.0 Å². The minimum atomic E-state index is -2.05. The number of nitrogens with one attached hydrogen (secondary N) is 5. The van der Waals surface area contributed by atoms with Crippen LogP contribution < -0.4 is 36.2 Å². The Morgan fingerprint density at radius 3 is 1.96 bits per heavy atom. The topological polar surface area (TPSA) is 208 Å². The fraction of sp³-hybridized carbons (Fsp3) is 0.342. The highest BCUT2D eigenvalue weighted by molar-refractivity contribution is 7.79. The monoisotopic (exact) mass is 1390 g/mol. The summed E-state index contributed by atoms with van der Waals surface area (Å²) in [4.78, 5) is 69.6. The molecule has 526 valence electrons. The van der Waals surface area contributed by atoms with Crippen molar-refractivity contribution in [3.05, 3.63) is 233 Å². The smallest absolute Gasteiger partial charge is 0.408 e. The molecule has 2 aliphatic rings. The Morgan fingerprint density at radius 2 is 1.27 bits per heavy atom. The number of allylic oxidation sites excluding steroid dienone is 8. The highest BCUT2D eigenvalue weighted by Gasteiger charge is 2.46. The summed E-state index contributed by atoms with van der Waals surface area (Å²) in [7, 11) is 1.55. The van der Waals surface area contributed by atoms with E-state index in [4.69, 9.17) is 9.47 Å². The molecular weight excluding hydrogens is 1300 g/mol. The standard InChI is InChI=1S/C79H87F4N7O9S/c1-78(2)64(37-16-7-6-8-17-38-65-79(3,4)69-58-35-22-20-33-56(58)41-43-62(69)90(65)48-26-27-49-100(96)97)89(61-42-40-55-32-19-21-34-57(55)68(61)78)47-25-11-18-39-66(92)85-44-24-23-36-59(63(91)52-98-74-72(82)70(80)67(71(81)73(74)83)76(94)86-46-45-84-5)87-75(93)60(50-53-28-12-9-13-29-53)88-77(95)99-51-54-30-14-10-15-31-54/h6-10,12-17,19-22,28-35,37-38,40-43,59-60,84H,11,18,23-27,36,39,44-52H2,1-5H3,(H4-,85,86,87,88,92,93,94,95,96,97)/p+1/t59-,60-/m0/s1. The number of carbonyl (C=O) groups excluding carboxylic acids is 5. The van der Waals surface area contributed by atoms with Gasteiger partial charge in [-0.1, -0.05) is 159 Å². The van der Waals surface area contributed by atoms with Crippen molar-refractivity contribution in [1.82, 2.24) is 26.6 Å². The third-order valence-electron chi connectivity index (χ3n) is 18.2. The van der Waals surface area contributed by atoms with Crippen molar-refractivity contribution in [2.75, 3.05) is 57.0 Å². The first kappa shape index (κ1) is 74.6. The number of benzene rings is 7. The molecule has 0 aliphatic carbocycles. The highest BCUT2D eigenvalue weighted by Crippen LogP contribution is 2.51. The molecule has 7 aromatic rings. The van der Waals surface area contributed by atoms with Gasteiger partial charge in [-0.15, -0.1) is 0 Å². The molecule has 0 fully saturated rings. The number of hydrogen-bond donors (Lipinski definition) is 6. The Balaban J connectivity index is 0.822. The third-order valence-corrected chi connectivity index (χ3v) is 18.9. The lowest BCUT2D eigenvalue weighted by Gasteiger charge is -2.27. The molecule has 2 aliphatic heterocycles. The third kappa shape index (κ3) is 18.6. The number of Topliss-reactive ketones (excluding diaryl/α,β-unsaturated/α-hetero) is 1. The van der Waals surface area contributed by atoms with Gasteiger partial charge in [0, 0.05) is 85.7 Å². The van der Waals surface area contributed by atoms with Gasteiger partial charge in [0.25, 0.3) is 5.91 Å². The van der Waals surface area contributed by atoms with E-state index in [1.165, 1.54) is 27.3 Å². The van der Waals surface area contributed by atoms with Gasteiger partial charge in [0.15, 0.2) is 40.0 Å². The summed E-state index contributed by atoms with van der Waals surface area (Å²) in [6, 6.07) is 40.4. The first-order chi connectivity index (χ1) is 48.2. The molecule has 9 rings (SSSR count). The number of unbranched alkanes of at least 4 members (excludes halogenated alkanes) is 4. The van der Waals surface area contributed by atoms with Gasteiger partial charge in [-0.2, -0.15) is 13.4 Å². The molecule has 16 nitrogen and oxygen atoms in total. The number of halogens is 4. The van der Waals surface area contributed by atoms with Crippen molar-refractivity contribution < 1.29 is 64.3 Å². The molecule has 2 heterocycles. The zero-order valence-electron chi connectivity index (χ0n) is 57.2. The van der Waals surface area contributed by atoms with Crippen molar-refractivity contribution in [3.8, 4) is 5.75 Å². The van der Waals surface area contributed by atoms with Gasteiger partial charge in [0.05, 0.1) is 11.5 Å². The van der Waals surface area contributed by atoms with Crippen LogP contribution in [0.5, 0.6) is 5.75 Å². The molecule has 6 N–H and O–H groups in total. The van der Waals surface area contributed by atoms with Crippen molar-refractivity contribution in [1.29, 1.82) is 0 Å². The lowest BCUT2D eigenvalue weighted by atomic mass is 9.79. The lowest BCUT2D eigenvalue weighted by Crippen LogP contribution is -2.53. The summed E-state index contributed by atoms with van der Waals surface area (Å²) in [5, 5.41) is 17.7. The summed E-state index contributed by atoms with van der Waals surface area (Å²) in [5.41, 5.74) is 6.28. The van der Waals surface area contributed by atoms with E-state index in [0.29, 0.717) is 36.9 Å². The zero-order chi connectivity index (χ0) is 71.3. The predicted molar refractivity (Wildman–Crippen MR) is 385 cm³/mol. The first-order valence-corrected chi connectivity index (χ1v) is 35.3. The Morgan fingerprint density at radius 1 is 0.630 bits per heavy atom. The van der Waals surface area contributed by atoms with Crippen LogP contribution in [0.1, 0.15) is 118 Å². The molecule has 0 saturated carbocycles. The van der Waals surface area contributed by atoms with Gasteiger partial charge < -0.3 is 45.5 Å². The number of amides is 4. The molecule has 1 unspecified atom stereocenters. The Hall–Kier alpha value is -9.57. The van der Waals surface area contributed by atoms with E-state index in [1.807, 2.05) is 24.3 Å². The molecule has 0 radical (unpaired) electrons. The summed E-state index contributed by atoms with van der Waals surface area (Å²) >= 11 is -1.83. The maximum atomic E-state index is 15.4. The van der Waals surface area contributed by atoms with Crippen LogP contribution in [0.3, 0.4) is 0 Å². The van der Waals surface area contributed by atoms with E-state index in [9.17, 15) is 32.7 Å². The van der Waals surface area contributed by atoms with Crippen LogP contribution in [-0.4, -0.2) is 113 Å². The lowest BCUT2D eigenvalue weighted by molar-refractivity contribution is -0.438. The molecule has 100 heavy (non-hydrogen) atoms. The Labute approximate surface area is 584 Å². The van der Waals surface area contributed by atoms with Crippen molar-refractivity contribution in [3.63, 3.8) is 0 Å². The number of fused-ring (bicyclic) bond motifs is 6. The van der Waals surface area contributed by atoms with Crippen LogP contribution >= 0.6 is 0 Å². The van der Waals surface area contributed by atoms with Gasteiger partial charge in [-0.25, -0.2) is 17.8 Å². The van der Waals surface area contributed by atoms with E-state index >= 15 is 17.6 Å². The SMILES string of the molecule is CNCCNC(=O)c1c(F)c(F)c(OCC(=O)[C@H](CCCCNC(=O)CCCCC[N+]2=C(C=CC=CC=CC=C3N(CCCCS(=O)O)c4ccc5ccccc5c4C3(C)C)C(C)(C)c3c2ccc2ccccc32)NC(=O)[C@H](Cc2ccccc2)NC(=O)OCc2ccccc2)c(F)c1F. The molecule has 0 bridgehead atoms. The number of anilines is 1. The summed E-state index contributed by atoms with van der Waals surface area (Å²) in [6.07, 6.45) is 17.9. The van der Waals surface area contributed by atoms with Gasteiger partial charge in [0.2, 0.25) is 29.1 Å². The summed E-state index contributed by atoms with van der Waals surface area (Å²) < 4.78 is 95.1. The van der Waals surface area contributed by atoms with Gasteiger partial charge in [-0.05, 0) is 122 Å². The molecule has 7 aromatic carbocycles. The van der Waals surface area contributed by atoms with E-state index in [0.717, 1.165) is 54.0 Å². The van der Waals surface area contributed by atoms with Crippen LogP contribution in [0.2, 0.25) is 0 Å². The van der Waals surface area contributed by atoms with E-state index in [-0.39, 0.29) is 74.4 Å². The highest BCUT2D eigenvalue weighted by atomic mass is 32.2. The fourth-order valence-electron chi connectivity index (χ4n) is 13.2. The van der Waals surface area contributed by atoms with E-state index in [1.54, 1.807) is 67.7 Å². The van der Waals surface area contributed by atoms with Gasteiger partial charge >= 0.3 is 6.09 Å². The number of ketones is 1. The largest absolute Gasteiger partial charge is 0.479 e. The number of nitrogens with zero attached hydrogens (tertiary/aromatic N) is 2. The van der Waals surface area contributed by atoms with Crippen LogP contribution in [0.15, 0.2) is 182 Å². The summed E-state index contributed by atoms with van der Waals surface area (Å²) in [6.45, 7) is 9.42. The number of ether oxygens (including phenoxy) is 2. The molecule has 0 spiro atoms. The van der Waals surface area contributed by atoms with Crippen LogP contribution in [0.25, 0.3) is 21.5 Å². The number of rotatable bonds is 35. The van der Waals surface area contributed by atoms with Gasteiger partial charge in [-0.3, -0.25) is 19.2 Å². The van der Waals surface area contributed by atoms with Crippen molar-refractivity contribution in [2.24, 2.45) is 0 Å². The molecule has 0 aromatic heterocycles. The Kier molecular flexibility index (Phi) is 26.5. The number of likely N-dealkylation sites (N-methyl/N-ethyl adjacent to an activating group) is 1. The first-order valence-electron chi connectivity index (χ1n) is 34.0. The number of carbonyl (C=O) groups is 5. The van der Waals surface area contributed by atoms with Crippen molar-refractivity contribution in [2.45, 2.75) is 121 Å². The number of alkyl carbamates (subject to hydrolysis) is 1. The minimum absolute atomic E-state index is 0.0483. The predicted octanol–water partition coefficient (Wildman–Crippen LogP) is 13.7. The van der Waals surface area contributed by atoms with Crippen molar-refractivity contribution >= 4 is 79.3 Å². The van der Waals surface area contributed by atoms with Crippen LogP contribution in [-0.2, 0) is 54.1 Å². The molecule has 4 amide bonds. The fourth-order valence-corrected chi connectivity index (χ4v) is 13.6. The van der Waals surface area contributed by atoms with Crippen LogP contribution in [0.4, 0.5) is 33.7 Å².